The van der Waals surface area contributed by atoms with E-state index in [-0.39, 0.29) is 17.4 Å². The van der Waals surface area contributed by atoms with Crippen LogP contribution in [0.15, 0.2) is 24.5 Å². The summed E-state index contributed by atoms with van der Waals surface area (Å²) in [5.74, 6) is 0.566. The second-order valence-corrected chi connectivity index (χ2v) is 6.00. The Balaban J connectivity index is 1.60. The molecule has 2 aliphatic rings. The topological polar surface area (TPSA) is 51.2 Å². The summed E-state index contributed by atoms with van der Waals surface area (Å²) in [6.07, 6.45) is 6.58. The van der Waals surface area contributed by atoms with Crippen LogP contribution in [0.2, 0.25) is 0 Å². The summed E-state index contributed by atoms with van der Waals surface area (Å²) in [7, 11) is 0. The molecule has 4 nitrogen and oxygen atoms in total. The normalized spacial score (nSPS) is 28.1. The van der Waals surface area contributed by atoms with Crippen LogP contribution in [0.3, 0.4) is 0 Å². The van der Waals surface area contributed by atoms with Gasteiger partial charge in [-0.25, -0.2) is 0 Å². The maximum absolute atomic E-state index is 12.1. The molecule has 2 fully saturated rings. The monoisotopic (exact) mass is 260 g/mol. The second-order valence-electron chi connectivity index (χ2n) is 6.00. The smallest absolute Gasteiger partial charge is 0.226 e. The molecular weight excluding hydrogens is 240 g/mol. The molecule has 1 aliphatic carbocycles. The number of hydrogen-bond acceptors (Lipinski definition) is 3. The number of aromatic nitrogens is 1. The van der Waals surface area contributed by atoms with E-state index in [0.717, 1.165) is 25.9 Å². The molecule has 1 aliphatic heterocycles. The molecule has 0 spiro atoms. The van der Waals surface area contributed by atoms with E-state index in [9.17, 15) is 4.79 Å². The van der Waals surface area contributed by atoms with Crippen molar-refractivity contribution in [3.05, 3.63) is 30.1 Å². The van der Waals surface area contributed by atoms with Crippen molar-refractivity contribution in [2.75, 3.05) is 13.2 Å². The molecule has 4 heteroatoms. The van der Waals surface area contributed by atoms with Gasteiger partial charge in [0.15, 0.2) is 0 Å². The van der Waals surface area contributed by atoms with Crippen LogP contribution in [0.25, 0.3) is 0 Å². The van der Waals surface area contributed by atoms with Gasteiger partial charge in [0.1, 0.15) is 0 Å². The molecule has 0 bridgehead atoms. The standard InChI is InChI=1S/C15H20N2O2/c1-15(4-5-15)14(18)17-13-10-19-9-12(13)8-11-2-6-16-7-3-11/h2-3,6-7,12-13H,4-5,8-10H2,1H3,(H,17,18)/t12-,13-/m1/s1. The molecule has 1 saturated heterocycles. The van der Waals surface area contributed by atoms with E-state index in [1.165, 1.54) is 5.56 Å². The minimum atomic E-state index is -0.107. The third-order valence-electron chi connectivity index (χ3n) is 4.31. The maximum atomic E-state index is 12.1. The van der Waals surface area contributed by atoms with Crippen LogP contribution in [0.5, 0.6) is 0 Å². The van der Waals surface area contributed by atoms with Crippen molar-refractivity contribution in [2.45, 2.75) is 32.2 Å². The van der Waals surface area contributed by atoms with Gasteiger partial charge >= 0.3 is 0 Å². The number of amides is 1. The van der Waals surface area contributed by atoms with Gasteiger partial charge in [-0.15, -0.1) is 0 Å². The predicted molar refractivity (Wildman–Crippen MR) is 71.5 cm³/mol. The van der Waals surface area contributed by atoms with Crippen LogP contribution in [0.1, 0.15) is 25.3 Å². The fourth-order valence-corrected chi connectivity index (χ4v) is 2.54. The lowest BCUT2D eigenvalue weighted by atomic mass is 9.94. The van der Waals surface area contributed by atoms with Gasteiger partial charge in [0.25, 0.3) is 0 Å². The Hall–Kier alpha value is -1.42. The Bertz CT molecular complexity index is 456. The first kappa shape index (κ1) is 12.6. The zero-order valence-corrected chi connectivity index (χ0v) is 11.3. The number of hydrogen-bond donors (Lipinski definition) is 1. The fourth-order valence-electron chi connectivity index (χ4n) is 2.54. The molecule has 1 aromatic rings. The Kier molecular flexibility index (Phi) is 3.27. The third kappa shape index (κ3) is 2.78. The highest BCUT2D eigenvalue weighted by molar-refractivity contribution is 5.85. The molecule has 2 heterocycles. The largest absolute Gasteiger partial charge is 0.379 e. The van der Waals surface area contributed by atoms with Crippen LogP contribution in [-0.4, -0.2) is 30.1 Å². The second kappa shape index (κ2) is 4.93. The van der Waals surface area contributed by atoms with Gasteiger partial charge < -0.3 is 10.1 Å². The van der Waals surface area contributed by atoms with Crippen LogP contribution < -0.4 is 5.32 Å². The SMILES string of the molecule is CC1(C(=O)N[C@@H]2COC[C@H]2Cc2ccncc2)CC1. The molecule has 1 aromatic heterocycles. The first-order valence-electron chi connectivity index (χ1n) is 6.95. The summed E-state index contributed by atoms with van der Waals surface area (Å²) >= 11 is 0. The molecule has 0 unspecified atom stereocenters. The average molecular weight is 260 g/mol. The summed E-state index contributed by atoms with van der Waals surface area (Å²) in [5.41, 5.74) is 1.14. The van der Waals surface area contributed by atoms with Crippen LogP contribution >= 0.6 is 0 Å². The Labute approximate surface area is 113 Å². The Morgan fingerprint density at radius 3 is 2.84 bits per heavy atom. The van der Waals surface area contributed by atoms with Crippen molar-refractivity contribution < 1.29 is 9.53 Å². The highest BCUT2D eigenvalue weighted by atomic mass is 16.5. The molecule has 3 rings (SSSR count). The van der Waals surface area contributed by atoms with Crippen molar-refractivity contribution in [3.63, 3.8) is 0 Å². The van der Waals surface area contributed by atoms with Crippen LogP contribution in [-0.2, 0) is 16.0 Å². The van der Waals surface area contributed by atoms with E-state index in [0.29, 0.717) is 12.5 Å². The number of carbonyl (C=O) groups excluding carboxylic acids is 1. The minimum Gasteiger partial charge on any atom is -0.379 e. The number of nitrogens with one attached hydrogen (secondary N) is 1. The van der Waals surface area contributed by atoms with Crippen molar-refractivity contribution in [2.24, 2.45) is 11.3 Å². The number of nitrogens with zero attached hydrogens (tertiary/aromatic N) is 1. The number of ether oxygens (including phenoxy) is 1. The molecule has 0 aromatic carbocycles. The molecule has 0 radical (unpaired) electrons. The van der Waals surface area contributed by atoms with Crippen LogP contribution in [0.4, 0.5) is 0 Å². The van der Waals surface area contributed by atoms with Gasteiger partial charge in [0.05, 0.1) is 19.3 Å². The highest BCUT2D eigenvalue weighted by Crippen LogP contribution is 2.45. The lowest BCUT2D eigenvalue weighted by molar-refractivity contribution is -0.126. The van der Waals surface area contributed by atoms with E-state index >= 15 is 0 Å². The highest BCUT2D eigenvalue weighted by Gasteiger charge is 2.46. The van der Waals surface area contributed by atoms with E-state index < -0.39 is 0 Å². The summed E-state index contributed by atoms with van der Waals surface area (Å²) in [5, 5.41) is 3.17. The van der Waals surface area contributed by atoms with Gasteiger partial charge in [0.2, 0.25) is 5.91 Å². The number of rotatable bonds is 4. The zero-order chi connectivity index (χ0) is 13.3. The summed E-state index contributed by atoms with van der Waals surface area (Å²) < 4.78 is 5.55. The van der Waals surface area contributed by atoms with Crippen molar-refractivity contribution in [3.8, 4) is 0 Å². The molecular formula is C15H20N2O2. The molecule has 2 atom stereocenters. The zero-order valence-electron chi connectivity index (χ0n) is 11.3. The number of carbonyl (C=O) groups is 1. The lowest BCUT2D eigenvalue weighted by Crippen LogP contribution is -2.43. The summed E-state index contributed by atoms with van der Waals surface area (Å²) in [6.45, 7) is 3.40. The van der Waals surface area contributed by atoms with Gasteiger partial charge in [-0.2, -0.15) is 0 Å². The van der Waals surface area contributed by atoms with E-state index in [1.807, 2.05) is 31.5 Å². The van der Waals surface area contributed by atoms with E-state index in [1.54, 1.807) is 0 Å². The molecule has 1 saturated carbocycles. The van der Waals surface area contributed by atoms with Crippen LogP contribution in [0, 0.1) is 11.3 Å². The number of pyridine rings is 1. The molecule has 102 valence electrons. The van der Waals surface area contributed by atoms with Crippen molar-refractivity contribution >= 4 is 5.91 Å². The van der Waals surface area contributed by atoms with Crippen molar-refractivity contribution in [1.29, 1.82) is 0 Å². The van der Waals surface area contributed by atoms with Gasteiger partial charge in [-0.05, 0) is 37.0 Å². The van der Waals surface area contributed by atoms with Gasteiger partial charge in [0, 0.05) is 23.7 Å². The van der Waals surface area contributed by atoms with E-state index in [4.69, 9.17) is 4.74 Å². The van der Waals surface area contributed by atoms with E-state index in [2.05, 4.69) is 10.3 Å². The first-order valence-corrected chi connectivity index (χ1v) is 6.95. The lowest BCUT2D eigenvalue weighted by Gasteiger charge is -2.21. The summed E-state index contributed by atoms with van der Waals surface area (Å²) in [6, 6.07) is 4.21. The molecule has 1 amide bonds. The molecule has 1 N–H and O–H groups in total. The Morgan fingerprint density at radius 2 is 2.16 bits per heavy atom. The first-order chi connectivity index (χ1) is 9.17. The summed E-state index contributed by atoms with van der Waals surface area (Å²) in [4.78, 5) is 16.1. The Morgan fingerprint density at radius 1 is 1.42 bits per heavy atom. The third-order valence-corrected chi connectivity index (χ3v) is 4.31. The fraction of sp³-hybridized carbons (Fsp3) is 0.600. The average Bonchev–Trinajstić information content (AvgIpc) is 3.03. The minimum absolute atomic E-state index is 0.107. The predicted octanol–water partition coefficient (Wildman–Crippen LogP) is 1.56. The quantitative estimate of drug-likeness (QED) is 0.893. The van der Waals surface area contributed by atoms with Gasteiger partial charge in [-0.3, -0.25) is 9.78 Å². The van der Waals surface area contributed by atoms with Crippen molar-refractivity contribution in [1.82, 2.24) is 10.3 Å². The van der Waals surface area contributed by atoms with Gasteiger partial charge in [-0.1, -0.05) is 6.92 Å². The maximum Gasteiger partial charge on any atom is 0.226 e. The molecule has 19 heavy (non-hydrogen) atoms.